The summed E-state index contributed by atoms with van der Waals surface area (Å²) in [6.07, 6.45) is 1.48. The van der Waals surface area contributed by atoms with Gasteiger partial charge in [-0.25, -0.2) is 5.43 Å². The van der Waals surface area contributed by atoms with Gasteiger partial charge < -0.3 is 14.0 Å². The zero-order chi connectivity index (χ0) is 23.8. The van der Waals surface area contributed by atoms with E-state index in [2.05, 4.69) is 20.7 Å². The molecular weight excluding hydrogens is 442 g/mol. The van der Waals surface area contributed by atoms with Gasteiger partial charge in [-0.2, -0.15) is 5.10 Å². The Morgan fingerprint density at radius 1 is 1.15 bits per heavy atom. The predicted octanol–water partition coefficient (Wildman–Crippen LogP) is 3.45. The second kappa shape index (κ2) is 11.3. The molecule has 0 saturated heterocycles. The molecule has 2 aromatic carbocycles. The molecule has 0 fully saturated rings. The molecule has 0 aliphatic rings. The van der Waals surface area contributed by atoms with Crippen molar-refractivity contribution in [1.82, 2.24) is 20.2 Å². The second-order valence-electron chi connectivity index (χ2n) is 7.00. The Hall–Kier alpha value is -3.66. The van der Waals surface area contributed by atoms with Gasteiger partial charge in [0.2, 0.25) is 0 Å². The highest BCUT2D eigenvalue weighted by atomic mass is 32.2. The topological polar surface area (TPSA) is 108 Å². The smallest absolute Gasteiger partial charge is 0.308 e. The Morgan fingerprint density at radius 2 is 1.91 bits per heavy atom. The van der Waals surface area contributed by atoms with Crippen molar-refractivity contribution in [2.75, 3.05) is 12.9 Å². The Morgan fingerprint density at radius 3 is 2.58 bits per heavy atom. The molecule has 1 heterocycles. The summed E-state index contributed by atoms with van der Waals surface area (Å²) < 4.78 is 12.3. The van der Waals surface area contributed by atoms with Gasteiger partial charge in [0.1, 0.15) is 0 Å². The minimum absolute atomic E-state index is 0.137. The first kappa shape index (κ1) is 24.0. The molecule has 0 radical (unpaired) electrons. The maximum atomic E-state index is 12.2. The third kappa shape index (κ3) is 6.42. The van der Waals surface area contributed by atoms with Crippen LogP contribution in [-0.4, -0.2) is 45.7 Å². The number of carbonyl (C=O) groups excluding carboxylic acids is 2. The van der Waals surface area contributed by atoms with E-state index in [-0.39, 0.29) is 11.7 Å². The molecule has 0 spiro atoms. The highest BCUT2D eigenvalue weighted by Gasteiger charge is 2.14. The molecule has 9 nitrogen and oxygen atoms in total. The molecule has 33 heavy (non-hydrogen) atoms. The zero-order valence-corrected chi connectivity index (χ0v) is 19.7. The molecule has 3 rings (SSSR count). The van der Waals surface area contributed by atoms with Crippen molar-refractivity contribution < 1.29 is 19.1 Å². The van der Waals surface area contributed by atoms with Crippen molar-refractivity contribution in [2.45, 2.75) is 32.5 Å². The fourth-order valence-electron chi connectivity index (χ4n) is 2.94. The van der Waals surface area contributed by atoms with E-state index in [0.717, 1.165) is 11.4 Å². The van der Waals surface area contributed by atoms with Gasteiger partial charge in [0.15, 0.2) is 22.5 Å². The number of benzene rings is 2. The number of esters is 1. The van der Waals surface area contributed by atoms with Crippen LogP contribution >= 0.6 is 11.8 Å². The lowest BCUT2D eigenvalue weighted by molar-refractivity contribution is -0.132. The monoisotopic (exact) mass is 467 g/mol. The molecular formula is C23H25N5O4S. The van der Waals surface area contributed by atoms with E-state index in [1.54, 1.807) is 18.2 Å². The number of hydrogen-bond donors (Lipinski definition) is 1. The van der Waals surface area contributed by atoms with Crippen LogP contribution in [0.4, 0.5) is 0 Å². The van der Waals surface area contributed by atoms with Gasteiger partial charge in [-0.15, -0.1) is 10.2 Å². The van der Waals surface area contributed by atoms with Crippen LogP contribution in [0.2, 0.25) is 0 Å². The Labute approximate surface area is 196 Å². The summed E-state index contributed by atoms with van der Waals surface area (Å²) in [5.74, 6) is 0.890. The van der Waals surface area contributed by atoms with Crippen LogP contribution in [0.25, 0.3) is 11.4 Å². The first-order valence-corrected chi connectivity index (χ1v) is 11.2. The average Bonchev–Trinajstić information content (AvgIpc) is 3.21. The lowest BCUT2D eigenvalue weighted by Crippen LogP contribution is -2.20. The van der Waals surface area contributed by atoms with Crippen molar-refractivity contribution in [1.29, 1.82) is 0 Å². The van der Waals surface area contributed by atoms with Gasteiger partial charge in [0, 0.05) is 19.0 Å². The van der Waals surface area contributed by atoms with Crippen LogP contribution < -0.4 is 14.9 Å². The quantitative estimate of drug-likeness (QED) is 0.169. The first-order valence-electron chi connectivity index (χ1n) is 10.2. The molecule has 172 valence electrons. The third-order valence-electron chi connectivity index (χ3n) is 4.52. The van der Waals surface area contributed by atoms with Gasteiger partial charge in [0.05, 0.1) is 19.1 Å². The van der Waals surface area contributed by atoms with E-state index in [9.17, 15) is 9.59 Å². The molecule has 0 atom stereocenters. The zero-order valence-electron chi connectivity index (χ0n) is 18.9. The number of carbonyl (C=O) groups is 2. The number of nitrogens with zero attached hydrogens (tertiary/aromatic N) is 4. The van der Waals surface area contributed by atoms with E-state index in [0.29, 0.717) is 28.8 Å². The lowest BCUT2D eigenvalue weighted by atomic mass is 10.1. The van der Waals surface area contributed by atoms with E-state index >= 15 is 0 Å². The predicted molar refractivity (Wildman–Crippen MR) is 127 cm³/mol. The van der Waals surface area contributed by atoms with Crippen molar-refractivity contribution in [3.63, 3.8) is 0 Å². The number of methoxy groups -OCH3 is 1. The number of amides is 1. The summed E-state index contributed by atoms with van der Waals surface area (Å²) in [4.78, 5) is 23.4. The SMILES string of the molecule is CCn1c(SCC(=O)N/N=C/c2ccc(OC(C)=O)c(OC)c2)nnc1-c1ccc(C)cc1. The minimum atomic E-state index is -0.440. The number of nitrogens with one attached hydrogen (secondary N) is 1. The normalized spacial score (nSPS) is 10.9. The van der Waals surface area contributed by atoms with Gasteiger partial charge >= 0.3 is 5.97 Å². The average molecular weight is 468 g/mol. The summed E-state index contributed by atoms with van der Waals surface area (Å²) in [6, 6.07) is 13.0. The highest BCUT2D eigenvalue weighted by molar-refractivity contribution is 7.99. The van der Waals surface area contributed by atoms with Gasteiger partial charge in [0.25, 0.3) is 5.91 Å². The standard InChI is InChI=1S/C23H25N5O4S/c1-5-28-22(18-9-6-15(2)7-10-18)26-27-23(28)33-14-21(30)25-24-13-17-8-11-19(32-16(3)29)20(12-17)31-4/h6-13H,5,14H2,1-4H3,(H,25,30)/b24-13+. The molecule has 0 saturated carbocycles. The van der Waals surface area contributed by atoms with Crippen molar-refractivity contribution >= 4 is 29.9 Å². The van der Waals surface area contributed by atoms with Crippen LogP contribution in [-0.2, 0) is 16.1 Å². The fraction of sp³-hybridized carbons (Fsp3) is 0.261. The number of rotatable bonds is 9. The largest absolute Gasteiger partial charge is 0.493 e. The minimum Gasteiger partial charge on any atom is -0.493 e. The molecule has 1 aromatic heterocycles. The van der Waals surface area contributed by atoms with Crippen molar-refractivity contribution in [3.05, 3.63) is 53.6 Å². The van der Waals surface area contributed by atoms with Crippen LogP contribution in [0.1, 0.15) is 25.0 Å². The number of hydrogen-bond acceptors (Lipinski definition) is 8. The van der Waals surface area contributed by atoms with Crippen LogP contribution in [0.5, 0.6) is 11.5 Å². The third-order valence-corrected chi connectivity index (χ3v) is 5.49. The van der Waals surface area contributed by atoms with Crippen LogP contribution in [0.3, 0.4) is 0 Å². The molecule has 0 unspecified atom stereocenters. The van der Waals surface area contributed by atoms with Crippen LogP contribution in [0.15, 0.2) is 52.7 Å². The molecule has 1 amide bonds. The maximum absolute atomic E-state index is 12.2. The van der Waals surface area contributed by atoms with E-state index < -0.39 is 5.97 Å². The molecule has 0 aliphatic carbocycles. The highest BCUT2D eigenvalue weighted by Crippen LogP contribution is 2.27. The second-order valence-corrected chi connectivity index (χ2v) is 7.94. The number of aromatic nitrogens is 3. The number of ether oxygens (including phenoxy) is 2. The van der Waals surface area contributed by atoms with E-state index in [1.807, 2.05) is 42.7 Å². The van der Waals surface area contributed by atoms with E-state index in [1.165, 1.54) is 37.6 Å². The number of thioether (sulfide) groups is 1. The van der Waals surface area contributed by atoms with Gasteiger partial charge in [-0.05, 0) is 37.6 Å². The van der Waals surface area contributed by atoms with Gasteiger partial charge in [-0.3, -0.25) is 9.59 Å². The van der Waals surface area contributed by atoms with Crippen molar-refractivity contribution in [2.24, 2.45) is 5.10 Å². The summed E-state index contributed by atoms with van der Waals surface area (Å²) in [6.45, 7) is 6.04. The maximum Gasteiger partial charge on any atom is 0.308 e. The molecule has 10 heteroatoms. The number of hydrazone groups is 1. The molecule has 3 aromatic rings. The lowest BCUT2D eigenvalue weighted by Gasteiger charge is -2.08. The van der Waals surface area contributed by atoms with Gasteiger partial charge in [-0.1, -0.05) is 41.6 Å². The summed E-state index contributed by atoms with van der Waals surface area (Å²) >= 11 is 1.29. The fourth-order valence-corrected chi connectivity index (χ4v) is 3.74. The van der Waals surface area contributed by atoms with E-state index in [4.69, 9.17) is 9.47 Å². The summed E-state index contributed by atoms with van der Waals surface area (Å²) in [5.41, 5.74) is 5.32. The summed E-state index contributed by atoms with van der Waals surface area (Å²) in [7, 11) is 1.47. The Kier molecular flexibility index (Phi) is 8.20. The van der Waals surface area contributed by atoms with Crippen molar-refractivity contribution in [3.8, 4) is 22.9 Å². The Bertz CT molecular complexity index is 1160. The van der Waals surface area contributed by atoms with Crippen LogP contribution in [0, 0.1) is 6.92 Å². The number of aryl methyl sites for hydroxylation is 1. The molecule has 0 bridgehead atoms. The Balaban J connectivity index is 1.58. The molecule has 0 aliphatic heterocycles. The molecule has 1 N–H and O–H groups in total. The summed E-state index contributed by atoms with van der Waals surface area (Å²) in [5, 5.41) is 13.2. The first-order chi connectivity index (χ1) is 15.9.